The summed E-state index contributed by atoms with van der Waals surface area (Å²) in [6, 6.07) is 0. The maximum Gasteiger partial charge on any atom is 2.00 e. The molecule has 4 heavy (non-hydrogen) atoms. The molecule has 26 valence electrons. The number of rotatable bonds is 0. The molecule has 0 aromatic carbocycles. The third-order valence-corrected chi connectivity index (χ3v) is 0. The van der Waals surface area contributed by atoms with E-state index >= 15 is 0 Å². The Morgan fingerprint density at radius 3 is 0.750 bits per heavy atom. The zero-order valence-electron chi connectivity index (χ0n) is 1.76. The molecule has 0 rings (SSSR count). The van der Waals surface area contributed by atoms with Crippen LogP contribution in [0.2, 0.25) is 0 Å². The van der Waals surface area contributed by atoms with Crippen molar-refractivity contribution in [3.63, 3.8) is 0 Å². The Labute approximate surface area is 78.1 Å². The summed E-state index contributed by atoms with van der Waals surface area (Å²) in [5.74, 6) is 0. The van der Waals surface area contributed by atoms with E-state index in [9.17, 15) is 0 Å². The topological polar surface area (TPSA) is 31.5 Å². The van der Waals surface area contributed by atoms with Gasteiger partial charge in [-0.2, -0.15) is 0 Å². The van der Waals surface area contributed by atoms with Crippen LogP contribution in [-0.4, -0.2) is 5.48 Å². The van der Waals surface area contributed by atoms with Crippen LogP contribution in [0.4, 0.5) is 0 Å². The van der Waals surface area contributed by atoms with Gasteiger partial charge in [0.25, 0.3) is 0 Å². The fraction of sp³-hybridized carbons (Fsp3) is 0. The number of hydrogen-bond donors (Lipinski definition) is 0. The molecule has 0 atom stereocenters. The molecule has 0 saturated heterocycles. The third kappa shape index (κ3) is 8.87. The first kappa shape index (κ1) is 34.1. The molecule has 0 unspecified atom stereocenters. The summed E-state index contributed by atoms with van der Waals surface area (Å²) in [6.45, 7) is 0. The van der Waals surface area contributed by atoms with Crippen LogP contribution in [-0.2, 0) is 0 Å². The summed E-state index contributed by atoms with van der Waals surface area (Å²) < 4.78 is 0. The third-order valence-electron chi connectivity index (χ3n) is 0. The van der Waals surface area contributed by atoms with Crippen LogP contribution in [0.15, 0.2) is 0 Å². The predicted molar refractivity (Wildman–Crippen MR) is 3.61 cm³/mol. The summed E-state index contributed by atoms with van der Waals surface area (Å²) in [4.78, 5) is 0. The molecule has 1 nitrogen and oxygen atoms in total. The molecule has 0 aliphatic rings. The van der Waals surface area contributed by atoms with Crippen molar-refractivity contribution < 1.29 is 79.4 Å². The average molecular weight is 410 g/mol. The molecule has 0 spiro atoms. The van der Waals surface area contributed by atoms with Gasteiger partial charge in [-0.15, -0.1) is 0 Å². The molecule has 0 amide bonds. The second kappa shape index (κ2) is 18.8. The van der Waals surface area contributed by atoms with Gasteiger partial charge in [0.15, 0.2) is 0 Å². The number of hydrogen-bond acceptors (Lipinski definition) is 0. The van der Waals surface area contributed by atoms with Gasteiger partial charge in [-0.1, -0.05) is 0 Å². The first-order valence-electron chi connectivity index (χ1n) is 0. The zero-order chi connectivity index (χ0) is 0. The van der Waals surface area contributed by atoms with Gasteiger partial charge in [0.05, 0.1) is 0 Å². The van der Waals surface area contributed by atoms with Gasteiger partial charge >= 0.3 is 39.9 Å². The van der Waals surface area contributed by atoms with E-state index in [0.717, 1.165) is 0 Å². The summed E-state index contributed by atoms with van der Waals surface area (Å²) in [5.41, 5.74) is 0. The Kier molecular flexibility index (Phi) is 160. The van der Waals surface area contributed by atoms with Gasteiger partial charge in [0, 0.05) is 0 Å². The molecule has 0 heterocycles. The summed E-state index contributed by atoms with van der Waals surface area (Å²) in [5, 5.41) is 0. The van der Waals surface area contributed by atoms with Crippen molar-refractivity contribution in [3.05, 3.63) is 0 Å². The molecule has 0 aliphatic carbocycles. The molecule has 0 aromatic heterocycles. The van der Waals surface area contributed by atoms with E-state index in [4.69, 9.17) is 0 Å². The molecule has 0 saturated carbocycles. The fourth-order valence-electron chi connectivity index (χ4n) is 0. The second-order valence-electron chi connectivity index (χ2n) is 0. The second-order valence-corrected chi connectivity index (χ2v) is 0. The molecular formula is H2Br2OTh. The van der Waals surface area contributed by atoms with Crippen LogP contribution in [0, 0.1) is 39.9 Å². The van der Waals surface area contributed by atoms with Crippen molar-refractivity contribution in [3.8, 4) is 0 Å². The maximum absolute atomic E-state index is 0. The van der Waals surface area contributed by atoms with E-state index < -0.39 is 0 Å². The smallest absolute Gasteiger partial charge is 1.00 e. The van der Waals surface area contributed by atoms with Crippen molar-refractivity contribution in [2.24, 2.45) is 0 Å². The molecular weight excluding hydrogens is 408 g/mol. The Bertz CT molecular complexity index is 6.00. The van der Waals surface area contributed by atoms with Crippen LogP contribution in [0.3, 0.4) is 0 Å². The largest absolute Gasteiger partial charge is 2.00 e. The van der Waals surface area contributed by atoms with Gasteiger partial charge in [0.2, 0.25) is 0 Å². The van der Waals surface area contributed by atoms with E-state index in [1.165, 1.54) is 0 Å². The molecule has 0 bridgehead atoms. The molecule has 0 aliphatic heterocycles. The van der Waals surface area contributed by atoms with Crippen LogP contribution in [0.25, 0.3) is 0 Å². The quantitative estimate of drug-likeness (QED) is 0.381. The van der Waals surface area contributed by atoms with E-state index in [0.29, 0.717) is 0 Å². The van der Waals surface area contributed by atoms with E-state index in [1.807, 2.05) is 0 Å². The SMILES string of the molecule is O.[Br-].[Br-].[Th+2]. The van der Waals surface area contributed by atoms with Crippen molar-refractivity contribution in [2.75, 3.05) is 0 Å². The van der Waals surface area contributed by atoms with Crippen LogP contribution in [0.5, 0.6) is 0 Å². The fourth-order valence-corrected chi connectivity index (χ4v) is 0. The first-order valence-corrected chi connectivity index (χ1v) is 0. The maximum atomic E-state index is 0. The minimum Gasteiger partial charge on any atom is -1.00 e. The Morgan fingerprint density at radius 2 is 0.750 bits per heavy atom. The standard InChI is InChI=1S/2BrH.H2O.Th/h2*1H;1H2;/q;;;+2/p-2. The molecule has 0 radical (unpaired) electrons. The van der Waals surface area contributed by atoms with E-state index in [2.05, 4.69) is 0 Å². The van der Waals surface area contributed by atoms with Gasteiger partial charge in [0.1, 0.15) is 0 Å². The van der Waals surface area contributed by atoms with Gasteiger partial charge in [-0.05, 0) is 0 Å². The average Bonchev–Trinajstić information content (AvgIpc) is 0. The predicted octanol–water partition coefficient (Wildman–Crippen LogP) is -6.82. The minimum absolute atomic E-state index is 0. The summed E-state index contributed by atoms with van der Waals surface area (Å²) >= 11 is 0. The van der Waals surface area contributed by atoms with Gasteiger partial charge in [-0.25, -0.2) is 0 Å². The summed E-state index contributed by atoms with van der Waals surface area (Å²) in [7, 11) is 0. The summed E-state index contributed by atoms with van der Waals surface area (Å²) in [6.07, 6.45) is 0. The van der Waals surface area contributed by atoms with Gasteiger partial charge < -0.3 is 39.4 Å². The Morgan fingerprint density at radius 1 is 0.750 bits per heavy atom. The van der Waals surface area contributed by atoms with Crippen molar-refractivity contribution in [1.82, 2.24) is 0 Å². The van der Waals surface area contributed by atoms with Crippen molar-refractivity contribution >= 4 is 0 Å². The van der Waals surface area contributed by atoms with Crippen LogP contribution >= 0.6 is 0 Å². The van der Waals surface area contributed by atoms with E-state index in [1.54, 1.807) is 0 Å². The van der Waals surface area contributed by atoms with Crippen molar-refractivity contribution in [2.45, 2.75) is 0 Å². The Balaban J connectivity index is 0. The van der Waals surface area contributed by atoms with Gasteiger partial charge in [-0.3, -0.25) is 0 Å². The minimum atomic E-state index is 0. The first-order chi connectivity index (χ1) is 0. The van der Waals surface area contributed by atoms with E-state index in [-0.39, 0.29) is 79.4 Å². The zero-order valence-corrected chi connectivity index (χ0v) is 9.04. The van der Waals surface area contributed by atoms with Crippen LogP contribution < -0.4 is 34.0 Å². The number of halogens is 2. The normalized spacial score (nSPS) is 0. The van der Waals surface area contributed by atoms with Crippen LogP contribution in [0.1, 0.15) is 0 Å². The van der Waals surface area contributed by atoms with Crippen molar-refractivity contribution in [1.29, 1.82) is 0 Å². The molecule has 2 N–H and O–H groups in total. The molecule has 4 heteroatoms. The molecule has 0 aromatic rings. The monoisotopic (exact) mass is 408 g/mol. The molecule has 0 fully saturated rings. The Hall–Kier alpha value is 2.24.